The van der Waals surface area contributed by atoms with E-state index in [9.17, 15) is 14.7 Å². The van der Waals surface area contributed by atoms with E-state index in [1.54, 1.807) is 11.5 Å². The Balaban J connectivity index is 2.74. The number of pyridine rings is 1. The summed E-state index contributed by atoms with van der Waals surface area (Å²) < 4.78 is 1.61. The SMILES string of the molecule is CNC(=O)c1c(O)c(C)c2n(c1=O)CCCC2. The predicted octanol–water partition coefficient (Wildman–Crippen LogP) is 0.558. The molecule has 0 atom stereocenters. The summed E-state index contributed by atoms with van der Waals surface area (Å²) in [6.45, 7) is 2.37. The Morgan fingerprint density at radius 2 is 2.12 bits per heavy atom. The lowest BCUT2D eigenvalue weighted by Crippen LogP contribution is -2.35. The lowest BCUT2D eigenvalue weighted by molar-refractivity contribution is 0.0957. The Hall–Kier alpha value is -1.78. The van der Waals surface area contributed by atoms with Gasteiger partial charge < -0.3 is 15.0 Å². The second-order valence-corrected chi connectivity index (χ2v) is 4.29. The van der Waals surface area contributed by atoms with E-state index in [0.29, 0.717) is 12.1 Å². The smallest absolute Gasteiger partial charge is 0.267 e. The minimum atomic E-state index is -0.531. The molecule has 1 aliphatic rings. The van der Waals surface area contributed by atoms with Gasteiger partial charge in [-0.2, -0.15) is 0 Å². The summed E-state index contributed by atoms with van der Waals surface area (Å²) in [7, 11) is 1.45. The highest BCUT2D eigenvalue weighted by atomic mass is 16.3. The normalized spacial score (nSPS) is 14.2. The number of carbonyl (C=O) groups excluding carboxylic acids is 1. The summed E-state index contributed by atoms with van der Waals surface area (Å²) in [6.07, 6.45) is 2.73. The molecule has 0 aromatic carbocycles. The van der Waals surface area contributed by atoms with Crippen LogP contribution in [-0.4, -0.2) is 22.6 Å². The van der Waals surface area contributed by atoms with Gasteiger partial charge in [0.15, 0.2) is 0 Å². The summed E-state index contributed by atoms with van der Waals surface area (Å²) in [6, 6.07) is 0. The van der Waals surface area contributed by atoms with Crippen LogP contribution in [-0.2, 0) is 13.0 Å². The summed E-state index contributed by atoms with van der Waals surface area (Å²) >= 11 is 0. The second-order valence-electron chi connectivity index (χ2n) is 4.29. The number of nitrogens with one attached hydrogen (secondary N) is 1. The van der Waals surface area contributed by atoms with E-state index >= 15 is 0 Å². The van der Waals surface area contributed by atoms with Crippen LogP contribution >= 0.6 is 0 Å². The summed E-state index contributed by atoms with van der Waals surface area (Å²) in [4.78, 5) is 23.7. The van der Waals surface area contributed by atoms with Crippen molar-refractivity contribution >= 4 is 5.91 Å². The number of aromatic hydroxyl groups is 1. The quantitative estimate of drug-likeness (QED) is 0.748. The van der Waals surface area contributed by atoms with E-state index in [-0.39, 0.29) is 16.9 Å². The van der Waals surface area contributed by atoms with Crippen LogP contribution in [0.4, 0.5) is 0 Å². The van der Waals surface area contributed by atoms with Crippen molar-refractivity contribution in [2.75, 3.05) is 7.05 Å². The average Bonchev–Trinajstić information content (AvgIpc) is 2.36. The molecule has 1 aliphatic heterocycles. The predicted molar refractivity (Wildman–Crippen MR) is 63.4 cm³/mol. The summed E-state index contributed by atoms with van der Waals surface area (Å²) in [5.41, 5.74) is 0.965. The number of rotatable bonds is 1. The van der Waals surface area contributed by atoms with E-state index in [1.807, 2.05) is 0 Å². The Morgan fingerprint density at radius 1 is 1.41 bits per heavy atom. The minimum absolute atomic E-state index is 0.143. The van der Waals surface area contributed by atoms with Crippen molar-refractivity contribution in [2.24, 2.45) is 0 Å². The Morgan fingerprint density at radius 3 is 2.76 bits per heavy atom. The van der Waals surface area contributed by atoms with Crippen molar-refractivity contribution < 1.29 is 9.90 Å². The van der Waals surface area contributed by atoms with Gasteiger partial charge >= 0.3 is 0 Å². The first-order chi connectivity index (χ1) is 8.07. The van der Waals surface area contributed by atoms with Crippen LogP contribution in [0.1, 0.15) is 34.5 Å². The van der Waals surface area contributed by atoms with Crippen LogP contribution < -0.4 is 10.9 Å². The molecule has 5 nitrogen and oxygen atoms in total. The molecule has 0 aliphatic carbocycles. The first-order valence-electron chi connectivity index (χ1n) is 5.75. The molecule has 1 aromatic rings. The van der Waals surface area contributed by atoms with Gasteiger partial charge in [0.2, 0.25) is 0 Å². The molecule has 2 rings (SSSR count). The van der Waals surface area contributed by atoms with Crippen molar-refractivity contribution in [3.05, 3.63) is 27.2 Å². The number of fused-ring (bicyclic) bond motifs is 1. The molecule has 17 heavy (non-hydrogen) atoms. The highest BCUT2D eigenvalue weighted by Crippen LogP contribution is 2.26. The van der Waals surface area contributed by atoms with Crippen molar-refractivity contribution in [1.82, 2.24) is 9.88 Å². The maximum absolute atomic E-state index is 12.1. The van der Waals surface area contributed by atoms with Crippen molar-refractivity contribution in [3.8, 4) is 5.75 Å². The zero-order valence-electron chi connectivity index (χ0n) is 10.0. The highest BCUT2D eigenvalue weighted by Gasteiger charge is 2.24. The van der Waals surface area contributed by atoms with Crippen LogP contribution in [0.25, 0.3) is 0 Å². The Bertz CT molecular complexity index is 532. The number of aromatic nitrogens is 1. The fraction of sp³-hybridized carbons (Fsp3) is 0.500. The zero-order chi connectivity index (χ0) is 12.6. The molecular weight excluding hydrogens is 220 g/mol. The maximum atomic E-state index is 12.1. The molecule has 0 spiro atoms. The fourth-order valence-electron chi connectivity index (χ4n) is 2.34. The third-order valence-corrected chi connectivity index (χ3v) is 3.31. The van der Waals surface area contributed by atoms with E-state index in [4.69, 9.17) is 0 Å². The molecule has 2 N–H and O–H groups in total. The molecule has 0 saturated carbocycles. The van der Waals surface area contributed by atoms with Crippen molar-refractivity contribution in [1.29, 1.82) is 0 Å². The molecule has 0 bridgehead atoms. The first-order valence-corrected chi connectivity index (χ1v) is 5.75. The van der Waals surface area contributed by atoms with Crippen molar-refractivity contribution in [3.63, 3.8) is 0 Å². The third kappa shape index (κ3) is 1.71. The molecular formula is C12H16N2O3. The number of carbonyl (C=O) groups is 1. The van der Waals surface area contributed by atoms with Gasteiger partial charge in [-0.05, 0) is 26.2 Å². The molecule has 92 valence electrons. The molecule has 0 radical (unpaired) electrons. The number of hydrogen-bond acceptors (Lipinski definition) is 3. The van der Waals surface area contributed by atoms with Gasteiger partial charge in [0.1, 0.15) is 11.3 Å². The minimum Gasteiger partial charge on any atom is -0.507 e. The molecule has 5 heteroatoms. The number of nitrogens with zero attached hydrogens (tertiary/aromatic N) is 1. The van der Waals surface area contributed by atoms with E-state index in [0.717, 1.165) is 25.0 Å². The van der Waals surface area contributed by atoms with E-state index in [2.05, 4.69) is 5.32 Å². The Labute approximate surface area is 99.1 Å². The largest absolute Gasteiger partial charge is 0.507 e. The molecule has 1 aromatic heterocycles. The van der Waals surface area contributed by atoms with Crippen LogP contribution in [0.15, 0.2) is 4.79 Å². The highest BCUT2D eigenvalue weighted by molar-refractivity contribution is 5.96. The van der Waals surface area contributed by atoms with Crippen LogP contribution in [0.5, 0.6) is 5.75 Å². The van der Waals surface area contributed by atoms with Gasteiger partial charge in [-0.15, -0.1) is 0 Å². The van der Waals surface area contributed by atoms with Gasteiger partial charge in [-0.25, -0.2) is 0 Å². The van der Waals surface area contributed by atoms with E-state index in [1.165, 1.54) is 7.05 Å². The average molecular weight is 236 g/mol. The standard InChI is InChI=1S/C12H16N2O3/c1-7-8-5-3-4-6-14(8)12(17)9(10(7)15)11(16)13-2/h15H,3-6H2,1-2H3,(H,13,16). The van der Waals surface area contributed by atoms with E-state index < -0.39 is 5.91 Å². The van der Waals surface area contributed by atoms with Crippen LogP contribution in [0.3, 0.4) is 0 Å². The molecule has 1 amide bonds. The third-order valence-electron chi connectivity index (χ3n) is 3.31. The van der Waals surface area contributed by atoms with Crippen LogP contribution in [0, 0.1) is 6.92 Å². The zero-order valence-corrected chi connectivity index (χ0v) is 10.0. The fourth-order valence-corrected chi connectivity index (χ4v) is 2.34. The van der Waals surface area contributed by atoms with Gasteiger partial charge in [0.25, 0.3) is 11.5 Å². The van der Waals surface area contributed by atoms with Crippen molar-refractivity contribution in [2.45, 2.75) is 32.7 Å². The topological polar surface area (TPSA) is 71.3 Å². The van der Waals surface area contributed by atoms with Gasteiger partial charge in [-0.1, -0.05) is 0 Å². The second kappa shape index (κ2) is 4.24. The van der Waals surface area contributed by atoms with Gasteiger partial charge in [0.05, 0.1) is 0 Å². The Kier molecular flexibility index (Phi) is 2.92. The maximum Gasteiger partial charge on any atom is 0.267 e. The molecule has 2 heterocycles. The number of hydrogen-bond donors (Lipinski definition) is 2. The van der Waals surface area contributed by atoms with Gasteiger partial charge in [-0.3, -0.25) is 9.59 Å². The summed E-state index contributed by atoms with van der Waals surface area (Å²) in [5.74, 6) is -0.709. The lowest BCUT2D eigenvalue weighted by atomic mass is 10.0. The molecule has 0 fully saturated rings. The van der Waals surface area contributed by atoms with Gasteiger partial charge in [0, 0.05) is 24.8 Å². The molecule has 0 unspecified atom stereocenters. The van der Waals surface area contributed by atoms with Crippen LogP contribution in [0.2, 0.25) is 0 Å². The first kappa shape index (κ1) is 11.7. The lowest BCUT2D eigenvalue weighted by Gasteiger charge is -2.22. The number of amides is 1. The summed E-state index contributed by atoms with van der Waals surface area (Å²) in [5, 5.41) is 12.3. The molecule has 0 saturated heterocycles. The monoisotopic (exact) mass is 236 g/mol.